The molecular formula is C18H13N3O3S. The normalized spacial score (nSPS) is 10.0. The second kappa shape index (κ2) is 7.47. The van der Waals surface area contributed by atoms with E-state index in [2.05, 4.69) is 10.9 Å². The zero-order valence-electron chi connectivity index (χ0n) is 13.0. The third kappa shape index (κ3) is 3.94. The molecule has 25 heavy (non-hydrogen) atoms. The van der Waals surface area contributed by atoms with E-state index in [4.69, 9.17) is 10.00 Å². The van der Waals surface area contributed by atoms with Gasteiger partial charge in [0.2, 0.25) is 0 Å². The van der Waals surface area contributed by atoms with Crippen LogP contribution in [0.3, 0.4) is 0 Å². The van der Waals surface area contributed by atoms with Gasteiger partial charge in [-0.1, -0.05) is 30.3 Å². The summed E-state index contributed by atoms with van der Waals surface area (Å²) < 4.78 is 6.29. The lowest BCUT2D eigenvalue weighted by Crippen LogP contribution is -2.43. The molecular weight excluding hydrogens is 338 g/mol. The van der Waals surface area contributed by atoms with Crippen LogP contribution in [0.15, 0.2) is 54.6 Å². The Kier molecular flexibility index (Phi) is 4.92. The third-order valence-electron chi connectivity index (χ3n) is 3.33. The number of carbonyl (C=O) groups is 2. The van der Waals surface area contributed by atoms with Gasteiger partial charge >= 0.3 is 0 Å². The van der Waals surface area contributed by atoms with Crippen molar-refractivity contribution in [1.82, 2.24) is 10.9 Å². The third-order valence-corrected chi connectivity index (χ3v) is 4.45. The maximum Gasteiger partial charge on any atom is 0.279 e. The highest BCUT2D eigenvalue weighted by molar-refractivity contribution is 7.20. The summed E-state index contributed by atoms with van der Waals surface area (Å²) in [6.07, 6.45) is 0. The molecule has 0 aliphatic carbocycles. The van der Waals surface area contributed by atoms with Gasteiger partial charge in [0.25, 0.3) is 11.8 Å². The molecule has 3 aromatic rings. The van der Waals surface area contributed by atoms with Crippen LogP contribution in [-0.2, 0) is 4.79 Å². The van der Waals surface area contributed by atoms with Crippen molar-refractivity contribution in [1.29, 1.82) is 5.26 Å². The Morgan fingerprint density at radius 2 is 1.84 bits per heavy atom. The summed E-state index contributed by atoms with van der Waals surface area (Å²) in [5.41, 5.74) is 4.98. The summed E-state index contributed by atoms with van der Waals surface area (Å²) in [6, 6.07) is 18.0. The summed E-state index contributed by atoms with van der Waals surface area (Å²) in [7, 11) is 0. The van der Waals surface area contributed by atoms with Gasteiger partial charge in [0.15, 0.2) is 6.61 Å². The fourth-order valence-electron chi connectivity index (χ4n) is 2.15. The minimum atomic E-state index is -0.526. The highest BCUT2D eigenvalue weighted by atomic mass is 32.1. The molecule has 2 amide bonds. The number of hydrazine groups is 1. The zero-order chi connectivity index (χ0) is 17.6. The molecule has 1 aromatic heterocycles. The predicted molar refractivity (Wildman–Crippen MR) is 94.1 cm³/mol. The number of para-hydroxylation sites is 1. The lowest BCUT2D eigenvalue weighted by molar-refractivity contribution is -0.123. The molecule has 0 radical (unpaired) electrons. The van der Waals surface area contributed by atoms with Crippen LogP contribution >= 0.6 is 11.3 Å². The van der Waals surface area contributed by atoms with E-state index in [1.165, 1.54) is 11.3 Å². The van der Waals surface area contributed by atoms with Crippen LogP contribution < -0.4 is 15.6 Å². The summed E-state index contributed by atoms with van der Waals surface area (Å²) in [5, 5.41) is 9.93. The summed E-state index contributed by atoms with van der Waals surface area (Å²) in [6.45, 7) is -0.314. The Morgan fingerprint density at radius 1 is 1.08 bits per heavy atom. The van der Waals surface area contributed by atoms with E-state index in [1.54, 1.807) is 30.3 Å². The minimum absolute atomic E-state index is 0.314. The van der Waals surface area contributed by atoms with Gasteiger partial charge in [0, 0.05) is 4.70 Å². The molecule has 0 atom stereocenters. The standard InChI is InChI=1S/C18H13N3O3S/c19-10-13-6-1-3-7-14(13)24-11-17(22)20-21-18(23)16-9-12-5-2-4-8-15(12)25-16/h1-9H,11H2,(H,20,22)(H,21,23). The van der Waals surface area contributed by atoms with E-state index in [9.17, 15) is 9.59 Å². The monoisotopic (exact) mass is 351 g/mol. The molecule has 0 saturated heterocycles. The number of hydrogen-bond donors (Lipinski definition) is 2. The summed E-state index contributed by atoms with van der Waals surface area (Å²) >= 11 is 1.34. The molecule has 0 bridgehead atoms. The molecule has 2 aromatic carbocycles. The molecule has 0 aliphatic heterocycles. The molecule has 6 nitrogen and oxygen atoms in total. The number of nitriles is 1. The number of hydrogen-bond acceptors (Lipinski definition) is 5. The van der Waals surface area contributed by atoms with Crippen LogP contribution in [0.25, 0.3) is 10.1 Å². The Bertz CT molecular complexity index is 942. The largest absolute Gasteiger partial charge is 0.482 e. The number of amides is 2. The highest BCUT2D eigenvalue weighted by Gasteiger charge is 2.12. The van der Waals surface area contributed by atoms with Gasteiger partial charge in [-0.25, -0.2) is 0 Å². The maximum atomic E-state index is 12.1. The van der Waals surface area contributed by atoms with Gasteiger partial charge in [0.1, 0.15) is 11.8 Å². The first-order chi connectivity index (χ1) is 12.2. The molecule has 124 valence electrons. The average molecular weight is 351 g/mol. The minimum Gasteiger partial charge on any atom is -0.482 e. The zero-order valence-corrected chi connectivity index (χ0v) is 13.8. The Morgan fingerprint density at radius 3 is 2.64 bits per heavy atom. The number of rotatable bonds is 4. The molecule has 0 saturated carbocycles. The van der Waals surface area contributed by atoms with Gasteiger partial charge < -0.3 is 4.74 Å². The van der Waals surface area contributed by atoms with Gasteiger partial charge in [-0.05, 0) is 29.7 Å². The second-order valence-electron chi connectivity index (χ2n) is 5.05. The van der Waals surface area contributed by atoms with Crippen molar-refractivity contribution in [3.63, 3.8) is 0 Å². The highest BCUT2D eigenvalue weighted by Crippen LogP contribution is 2.24. The SMILES string of the molecule is N#Cc1ccccc1OCC(=O)NNC(=O)c1cc2ccccc2s1. The molecule has 0 fully saturated rings. The van der Waals surface area contributed by atoms with Gasteiger partial charge in [-0.2, -0.15) is 5.26 Å². The summed E-state index contributed by atoms with van der Waals surface area (Å²) in [5.74, 6) is -0.606. The van der Waals surface area contributed by atoms with Crippen molar-refractivity contribution >= 4 is 33.2 Å². The number of nitrogens with one attached hydrogen (secondary N) is 2. The first-order valence-corrected chi connectivity index (χ1v) is 8.19. The van der Waals surface area contributed by atoms with Gasteiger partial charge in [0.05, 0.1) is 10.4 Å². The topological polar surface area (TPSA) is 91.2 Å². The smallest absolute Gasteiger partial charge is 0.279 e. The lowest BCUT2D eigenvalue weighted by atomic mass is 10.2. The molecule has 0 unspecified atom stereocenters. The second-order valence-corrected chi connectivity index (χ2v) is 6.13. The maximum absolute atomic E-state index is 12.1. The number of carbonyl (C=O) groups excluding carboxylic acids is 2. The van der Waals surface area contributed by atoms with Crippen molar-refractivity contribution in [3.8, 4) is 11.8 Å². The van der Waals surface area contributed by atoms with Crippen LogP contribution in [0, 0.1) is 11.3 Å². The van der Waals surface area contributed by atoms with E-state index < -0.39 is 11.8 Å². The molecule has 7 heteroatoms. The van der Waals surface area contributed by atoms with Crippen LogP contribution in [0.4, 0.5) is 0 Å². The number of ether oxygens (including phenoxy) is 1. The van der Waals surface area contributed by atoms with Gasteiger partial charge in [-0.15, -0.1) is 11.3 Å². The molecule has 2 N–H and O–H groups in total. The van der Waals surface area contributed by atoms with E-state index >= 15 is 0 Å². The first-order valence-electron chi connectivity index (χ1n) is 7.37. The van der Waals surface area contributed by atoms with Crippen LogP contribution in [0.2, 0.25) is 0 Å². The number of nitrogens with zero attached hydrogens (tertiary/aromatic N) is 1. The van der Waals surface area contributed by atoms with Crippen molar-refractivity contribution < 1.29 is 14.3 Å². The van der Waals surface area contributed by atoms with Crippen molar-refractivity contribution in [2.24, 2.45) is 0 Å². The summed E-state index contributed by atoms with van der Waals surface area (Å²) in [4.78, 5) is 24.4. The molecule has 3 rings (SSSR count). The number of fused-ring (bicyclic) bond motifs is 1. The fourth-order valence-corrected chi connectivity index (χ4v) is 3.10. The van der Waals surface area contributed by atoms with Crippen molar-refractivity contribution in [2.75, 3.05) is 6.61 Å². The van der Waals surface area contributed by atoms with Crippen molar-refractivity contribution in [3.05, 3.63) is 65.0 Å². The predicted octanol–water partition coefficient (Wildman–Crippen LogP) is 2.61. The van der Waals surface area contributed by atoms with Gasteiger partial charge in [-0.3, -0.25) is 20.4 Å². The Balaban J connectivity index is 1.53. The Hall–Kier alpha value is -3.37. The van der Waals surface area contributed by atoms with E-state index in [1.807, 2.05) is 30.3 Å². The van der Waals surface area contributed by atoms with E-state index in [0.717, 1.165) is 10.1 Å². The van der Waals surface area contributed by atoms with E-state index in [-0.39, 0.29) is 6.61 Å². The van der Waals surface area contributed by atoms with Crippen molar-refractivity contribution in [2.45, 2.75) is 0 Å². The van der Waals surface area contributed by atoms with E-state index in [0.29, 0.717) is 16.2 Å². The molecule has 0 spiro atoms. The molecule has 1 heterocycles. The first kappa shape index (κ1) is 16.5. The lowest BCUT2D eigenvalue weighted by Gasteiger charge is -2.08. The molecule has 0 aliphatic rings. The quantitative estimate of drug-likeness (QED) is 0.707. The fraction of sp³-hybridized carbons (Fsp3) is 0.0556. The average Bonchev–Trinajstić information content (AvgIpc) is 3.09. The van der Waals surface area contributed by atoms with Crippen LogP contribution in [-0.4, -0.2) is 18.4 Å². The number of benzene rings is 2. The number of thiophene rings is 1. The van der Waals surface area contributed by atoms with Crippen LogP contribution in [0.5, 0.6) is 5.75 Å². The van der Waals surface area contributed by atoms with Crippen LogP contribution in [0.1, 0.15) is 15.2 Å². The Labute approximate surface area is 147 Å².